The number of hydrogen-bond acceptors (Lipinski definition) is 3. The van der Waals surface area contributed by atoms with Gasteiger partial charge in [-0.25, -0.2) is 8.78 Å². The van der Waals surface area contributed by atoms with E-state index in [1.165, 1.54) is 0 Å². The van der Waals surface area contributed by atoms with Crippen LogP contribution in [0.4, 0.5) is 8.78 Å². The van der Waals surface area contributed by atoms with E-state index in [4.69, 9.17) is 9.84 Å². The maximum Gasteiger partial charge on any atom is 0.261 e. The van der Waals surface area contributed by atoms with E-state index < -0.39 is 13.0 Å². The van der Waals surface area contributed by atoms with Crippen LogP contribution in [0.25, 0.3) is 0 Å². The predicted octanol–water partition coefficient (Wildman–Crippen LogP) is 0.277. The van der Waals surface area contributed by atoms with Gasteiger partial charge in [-0.3, -0.25) is 0 Å². The molecule has 0 bridgehead atoms. The molecule has 3 nitrogen and oxygen atoms in total. The molecule has 0 aromatic heterocycles. The van der Waals surface area contributed by atoms with Gasteiger partial charge in [-0.15, -0.1) is 0 Å². The van der Waals surface area contributed by atoms with E-state index in [2.05, 4.69) is 4.74 Å². The Kier molecular flexibility index (Phi) is 7.66. The summed E-state index contributed by atoms with van der Waals surface area (Å²) in [7, 11) is 0. The lowest BCUT2D eigenvalue weighted by Gasteiger charge is -2.03. The second-order valence-electron chi connectivity index (χ2n) is 1.80. The van der Waals surface area contributed by atoms with E-state index in [0.29, 0.717) is 0 Å². The first-order chi connectivity index (χ1) is 5.27. The van der Waals surface area contributed by atoms with Crippen LogP contribution in [0, 0.1) is 0 Å². The fourth-order valence-corrected chi connectivity index (χ4v) is 0.457. The molecule has 11 heavy (non-hydrogen) atoms. The number of ether oxygens (including phenoxy) is 2. The summed E-state index contributed by atoms with van der Waals surface area (Å²) in [6.07, 6.45) is -2.42. The van der Waals surface area contributed by atoms with E-state index >= 15 is 0 Å². The molecular formula is C6H12F2O3. The highest BCUT2D eigenvalue weighted by Gasteiger charge is 2.00. The molecule has 0 radical (unpaired) electrons. The molecule has 0 atom stereocenters. The zero-order valence-corrected chi connectivity index (χ0v) is 6.13. The van der Waals surface area contributed by atoms with Crippen LogP contribution in [-0.2, 0) is 9.47 Å². The van der Waals surface area contributed by atoms with Crippen molar-refractivity contribution in [3.63, 3.8) is 0 Å². The Balaban J connectivity index is 2.80. The fourth-order valence-electron chi connectivity index (χ4n) is 0.457. The van der Waals surface area contributed by atoms with Crippen LogP contribution in [-0.4, -0.2) is 44.6 Å². The van der Waals surface area contributed by atoms with Crippen molar-refractivity contribution in [3.05, 3.63) is 0 Å². The van der Waals surface area contributed by atoms with Gasteiger partial charge < -0.3 is 14.6 Å². The third kappa shape index (κ3) is 9.74. The Hall–Kier alpha value is -0.260. The highest BCUT2D eigenvalue weighted by Crippen LogP contribution is 1.91. The molecule has 0 spiro atoms. The number of aliphatic hydroxyl groups is 1. The molecule has 0 aromatic carbocycles. The van der Waals surface area contributed by atoms with E-state index in [1.54, 1.807) is 0 Å². The lowest BCUT2D eigenvalue weighted by atomic mass is 10.7. The summed E-state index contributed by atoms with van der Waals surface area (Å²) in [5.41, 5.74) is 0. The number of rotatable bonds is 7. The van der Waals surface area contributed by atoms with Crippen LogP contribution in [0.3, 0.4) is 0 Å². The molecule has 0 aliphatic carbocycles. The Labute approximate surface area is 63.9 Å². The smallest absolute Gasteiger partial charge is 0.261 e. The van der Waals surface area contributed by atoms with Crippen LogP contribution < -0.4 is 0 Å². The van der Waals surface area contributed by atoms with Crippen LogP contribution in [0.2, 0.25) is 0 Å². The molecule has 0 heterocycles. The Morgan fingerprint density at radius 1 is 1.09 bits per heavy atom. The molecule has 0 fully saturated rings. The van der Waals surface area contributed by atoms with E-state index in [1.807, 2.05) is 0 Å². The van der Waals surface area contributed by atoms with Gasteiger partial charge in [0, 0.05) is 0 Å². The highest BCUT2D eigenvalue weighted by molar-refractivity contribution is 4.34. The first kappa shape index (κ1) is 10.7. The van der Waals surface area contributed by atoms with Crippen molar-refractivity contribution in [2.75, 3.05) is 33.0 Å². The van der Waals surface area contributed by atoms with Gasteiger partial charge in [0.05, 0.1) is 26.4 Å². The Morgan fingerprint density at radius 3 is 2.27 bits per heavy atom. The van der Waals surface area contributed by atoms with Crippen LogP contribution in [0.1, 0.15) is 0 Å². The second kappa shape index (κ2) is 7.84. The molecule has 0 saturated heterocycles. The number of aliphatic hydroxyl groups excluding tert-OH is 1. The molecule has 1 N–H and O–H groups in total. The average Bonchev–Trinajstić information content (AvgIpc) is 1.96. The molecular weight excluding hydrogens is 158 g/mol. The van der Waals surface area contributed by atoms with Crippen molar-refractivity contribution in [3.8, 4) is 0 Å². The van der Waals surface area contributed by atoms with Gasteiger partial charge in [-0.2, -0.15) is 0 Å². The molecule has 0 aliphatic heterocycles. The minimum absolute atomic E-state index is 0.0607. The summed E-state index contributed by atoms with van der Waals surface area (Å²) < 4.78 is 32.0. The van der Waals surface area contributed by atoms with E-state index in [-0.39, 0.29) is 26.4 Å². The molecule has 5 heteroatoms. The topological polar surface area (TPSA) is 38.7 Å². The summed E-state index contributed by atoms with van der Waals surface area (Å²) in [6.45, 7) is -0.00695. The lowest BCUT2D eigenvalue weighted by molar-refractivity contribution is -0.0134. The summed E-state index contributed by atoms with van der Waals surface area (Å²) in [6, 6.07) is 0. The zero-order valence-electron chi connectivity index (χ0n) is 6.13. The molecule has 0 rings (SSSR count). The average molecular weight is 170 g/mol. The molecule has 0 aromatic rings. The molecule has 0 amide bonds. The van der Waals surface area contributed by atoms with Crippen LogP contribution in [0.15, 0.2) is 0 Å². The third-order valence-corrected chi connectivity index (χ3v) is 0.851. The summed E-state index contributed by atoms with van der Waals surface area (Å²) in [5.74, 6) is 0. The molecule has 0 saturated carbocycles. The van der Waals surface area contributed by atoms with Gasteiger partial charge in [0.15, 0.2) is 0 Å². The van der Waals surface area contributed by atoms with Crippen molar-refractivity contribution in [1.82, 2.24) is 0 Å². The monoisotopic (exact) mass is 170 g/mol. The first-order valence-electron chi connectivity index (χ1n) is 3.32. The molecule has 68 valence electrons. The molecule has 0 aliphatic rings. The van der Waals surface area contributed by atoms with Gasteiger partial charge in [0.1, 0.15) is 6.61 Å². The van der Waals surface area contributed by atoms with Gasteiger partial charge in [0.2, 0.25) is 0 Å². The number of halogens is 2. The Morgan fingerprint density at radius 2 is 1.73 bits per heavy atom. The van der Waals surface area contributed by atoms with Crippen LogP contribution >= 0.6 is 0 Å². The lowest BCUT2D eigenvalue weighted by Crippen LogP contribution is -2.11. The van der Waals surface area contributed by atoms with Gasteiger partial charge in [-0.05, 0) is 0 Å². The van der Waals surface area contributed by atoms with Gasteiger partial charge in [0.25, 0.3) is 6.43 Å². The van der Waals surface area contributed by atoms with Gasteiger partial charge >= 0.3 is 0 Å². The first-order valence-corrected chi connectivity index (χ1v) is 3.32. The van der Waals surface area contributed by atoms with Crippen molar-refractivity contribution in [2.24, 2.45) is 0 Å². The molecule has 0 unspecified atom stereocenters. The van der Waals surface area contributed by atoms with Crippen LogP contribution in [0.5, 0.6) is 0 Å². The Bertz CT molecular complexity index is 80.2. The van der Waals surface area contributed by atoms with Crippen molar-refractivity contribution in [2.45, 2.75) is 6.43 Å². The SMILES string of the molecule is OCCOCCOCC(F)F. The summed E-state index contributed by atoms with van der Waals surface area (Å²) in [4.78, 5) is 0. The zero-order chi connectivity index (χ0) is 8.53. The second-order valence-corrected chi connectivity index (χ2v) is 1.80. The highest BCUT2D eigenvalue weighted by atomic mass is 19.3. The van der Waals surface area contributed by atoms with Gasteiger partial charge in [-0.1, -0.05) is 0 Å². The minimum Gasteiger partial charge on any atom is -0.394 e. The largest absolute Gasteiger partial charge is 0.394 e. The third-order valence-electron chi connectivity index (χ3n) is 0.851. The maximum atomic E-state index is 11.4. The predicted molar refractivity (Wildman–Crippen MR) is 34.7 cm³/mol. The standard InChI is InChI=1S/C6H12F2O3/c7-6(8)5-11-4-3-10-2-1-9/h6,9H,1-5H2. The van der Waals surface area contributed by atoms with E-state index in [0.717, 1.165) is 0 Å². The maximum absolute atomic E-state index is 11.4. The normalized spacial score (nSPS) is 10.9. The summed E-state index contributed by atoms with van der Waals surface area (Å²) in [5, 5.41) is 8.23. The van der Waals surface area contributed by atoms with Crippen molar-refractivity contribution < 1.29 is 23.4 Å². The van der Waals surface area contributed by atoms with Crippen molar-refractivity contribution in [1.29, 1.82) is 0 Å². The fraction of sp³-hybridized carbons (Fsp3) is 1.00. The summed E-state index contributed by atoms with van der Waals surface area (Å²) >= 11 is 0. The minimum atomic E-state index is -2.42. The van der Waals surface area contributed by atoms with Crippen molar-refractivity contribution >= 4 is 0 Å². The quantitative estimate of drug-likeness (QED) is 0.557. The number of alkyl halides is 2. The van der Waals surface area contributed by atoms with E-state index in [9.17, 15) is 8.78 Å². The number of hydrogen-bond donors (Lipinski definition) is 1.